The van der Waals surface area contributed by atoms with E-state index >= 15 is 0 Å². The minimum atomic E-state index is -0.658. The predicted molar refractivity (Wildman–Crippen MR) is 138 cm³/mol. The first kappa shape index (κ1) is 22.7. The Labute approximate surface area is 212 Å². The number of aryl methyl sites for hydroxylation is 1. The molecule has 2 atom stereocenters. The highest BCUT2D eigenvalue weighted by atomic mass is 35.5. The zero-order valence-corrected chi connectivity index (χ0v) is 20.5. The molecule has 2 aromatic carbocycles. The van der Waals surface area contributed by atoms with Gasteiger partial charge in [0.1, 0.15) is 16.7 Å². The lowest BCUT2D eigenvalue weighted by atomic mass is 9.89. The third-order valence-electron chi connectivity index (χ3n) is 7.67. The van der Waals surface area contributed by atoms with Crippen molar-refractivity contribution in [3.8, 4) is 17.1 Å². The quantitative estimate of drug-likeness (QED) is 0.334. The van der Waals surface area contributed by atoms with E-state index < -0.39 is 11.4 Å². The summed E-state index contributed by atoms with van der Waals surface area (Å²) in [5.74, 6) is 1.36. The molecule has 1 aliphatic carbocycles. The fraction of sp³-hybridized carbons (Fsp3) is 0.333. The smallest absolute Gasteiger partial charge is 0.279 e. The molecule has 2 unspecified atom stereocenters. The summed E-state index contributed by atoms with van der Waals surface area (Å²) in [4.78, 5) is 24.0. The lowest BCUT2D eigenvalue weighted by molar-refractivity contribution is 0.322. The van der Waals surface area contributed by atoms with Crippen LogP contribution >= 0.6 is 11.6 Å². The van der Waals surface area contributed by atoms with E-state index in [1.54, 1.807) is 23.0 Å². The van der Waals surface area contributed by atoms with E-state index in [1.165, 1.54) is 36.0 Å². The number of rotatable bonds is 3. The second kappa shape index (κ2) is 8.75. The molecule has 0 bridgehead atoms. The van der Waals surface area contributed by atoms with Crippen molar-refractivity contribution in [2.24, 2.45) is 18.9 Å². The van der Waals surface area contributed by atoms with Crippen LogP contribution in [0.5, 0.6) is 0 Å². The summed E-state index contributed by atoms with van der Waals surface area (Å²) >= 11 is 6.72. The number of hydrogen-bond acceptors (Lipinski definition) is 4. The SMILES string of the molecule is [C-]#[N+]c1ccc(-c2nc(N3CCC4CCCC4C3)c(Cl)c(=O)n2-c2ccc3c(cnn3C)c2)cc1F. The average Bonchev–Trinajstić information content (AvgIpc) is 3.51. The van der Waals surface area contributed by atoms with Crippen molar-refractivity contribution in [2.75, 3.05) is 18.0 Å². The summed E-state index contributed by atoms with van der Waals surface area (Å²) in [6.07, 6.45) is 6.45. The maximum absolute atomic E-state index is 14.7. The van der Waals surface area contributed by atoms with Crippen LogP contribution in [0.1, 0.15) is 25.7 Å². The number of halogens is 2. The van der Waals surface area contributed by atoms with E-state index in [9.17, 15) is 9.18 Å². The number of anilines is 1. The standard InChI is InChI=1S/C27H24ClFN6O/c1-30-22-8-6-17(13-21(22)29)25-32-26(34-11-10-16-4-3-5-18(16)15-34)24(28)27(36)35(25)20-7-9-23-19(12-20)14-31-33(23)2/h6-9,12-14,16,18H,3-5,10-11,15H2,2H3. The van der Waals surface area contributed by atoms with Gasteiger partial charge in [0.05, 0.1) is 24.0 Å². The van der Waals surface area contributed by atoms with E-state index in [1.807, 2.05) is 19.2 Å². The number of benzene rings is 2. The van der Waals surface area contributed by atoms with Crippen LogP contribution in [-0.2, 0) is 7.05 Å². The Hall–Kier alpha value is -3.70. The van der Waals surface area contributed by atoms with Crippen LogP contribution < -0.4 is 10.5 Å². The third kappa shape index (κ3) is 3.66. The van der Waals surface area contributed by atoms with Gasteiger partial charge >= 0.3 is 0 Å². The Balaban J connectivity index is 1.55. The van der Waals surface area contributed by atoms with Crippen molar-refractivity contribution < 1.29 is 4.39 Å². The molecule has 2 fully saturated rings. The predicted octanol–water partition coefficient (Wildman–Crippen LogP) is 5.76. The van der Waals surface area contributed by atoms with Crippen molar-refractivity contribution in [1.29, 1.82) is 0 Å². The van der Waals surface area contributed by atoms with Gasteiger partial charge in [0.15, 0.2) is 5.82 Å². The molecule has 9 heteroatoms. The molecule has 0 amide bonds. The van der Waals surface area contributed by atoms with Crippen LogP contribution in [0.3, 0.4) is 0 Å². The van der Waals surface area contributed by atoms with Crippen LogP contribution in [-0.4, -0.2) is 32.4 Å². The Morgan fingerprint density at radius 3 is 2.78 bits per heavy atom. The molecule has 6 rings (SSSR count). The van der Waals surface area contributed by atoms with Gasteiger partial charge < -0.3 is 4.90 Å². The molecule has 1 aliphatic heterocycles. The van der Waals surface area contributed by atoms with Gasteiger partial charge in [-0.1, -0.05) is 36.6 Å². The van der Waals surface area contributed by atoms with Gasteiger partial charge in [0, 0.05) is 31.1 Å². The summed E-state index contributed by atoms with van der Waals surface area (Å²) in [7, 11) is 1.85. The summed E-state index contributed by atoms with van der Waals surface area (Å²) in [6, 6.07) is 9.83. The summed E-state index contributed by atoms with van der Waals surface area (Å²) < 4.78 is 17.9. The minimum absolute atomic E-state index is 0.0553. The molecule has 3 heterocycles. The van der Waals surface area contributed by atoms with E-state index in [4.69, 9.17) is 23.2 Å². The Bertz CT molecular complexity index is 1600. The van der Waals surface area contributed by atoms with Crippen molar-refractivity contribution >= 4 is 34.0 Å². The van der Waals surface area contributed by atoms with Crippen LogP contribution in [0, 0.1) is 24.2 Å². The molecule has 182 valence electrons. The van der Waals surface area contributed by atoms with E-state index in [0.29, 0.717) is 23.0 Å². The van der Waals surface area contributed by atoms with Gasteiger partial charge in [-0.05, 0) is 48.9 Å². The molecule has 0 N–H and O–H groups in total. The van der Waals surface area contributed by atoms with E-state index in [-0.39, 0.29) is 16.5 Å². The molecular formula is C27H24ClFN6O. The monoisotopic (exact) mass is 502 g/mol. The highest BCUT2D eigenvalue weighted by Crippen LogP contribution is 2.40. The Morgan fingerprint density at radius 1 is 1.14 bits per heavy atom. The van der Waals surface area contributed by atoms with Crippen LogP contribution in [0.2, 0.25) is 5.02 Å². The number of hydrogen-bond donors (Lipinski definition) is 0. The van der Waals surface area contributed by atoms with Crippen molar-refractivity contribution in [3.05, 3.63) is 75.2 Å². The first-order valence-corrected chi connectivity index (χ1v) is 12.5. The lowest BCUT2D eigenvalue weighted by Gasteiger charge is -2.36. The van der Waals surface area contributed by atoms with Gasteiger partial charge in [-0.25, -0.2) is 14.2 Å². The normalized spacial score (nSPS) is 19.4. The lowest BCUT2D eigenvalue weighted by Crippen LogP contribution is -2.40. The largest absolute Gasteiger partial charge is 0.355 e. The molecule has 4 aromatic rings. The number of nitrogens with zero attached hydrogens (tertiary/aromatic N) is 6. The number of fused-ring (bicyclic) bond motifs is 2. The summed E-state index contributed by atoms with van der Waals surface area (Å²) in [5.41, 5.74) is 1.37. The second-order valence-electron chi connectivity index (χ2n) is 9.69. The molecule has 36 heavy (non-hydrogen) atoms. The van der Waals surface area contributed by atoms with Gasteiger partial charge in [0.2, 0.25) is 5.69 Å². The van der Waals surface area contributed by atoms with Crippen LogP contribution in [0.4, 0.5) is 15.9 Å². The maximum Gasteiger partial charge on any atom is 0.279 e. The molecule has 2 aromatic heterocycles. The zero-order valence-electron chi connectivity index (χ0n) is 19.8. The average molecular weight is 503 g/mol. The topological polar surface area (TPSA) is 60.3 Å². The molecule has 0 radical (unpaired) electrons. The first-order valence-electron chi connectivity index (χ1n) is 12.1. The highest BCUT2D eigenvalue weighted by molar-refractivity contribution is 6.32. The molecule has 1 saturated carbocycles. The van der Waals surface area contributed by atoms with Crippen molar-refractivity contribution in [2.45, 2.75) is 25.7 Å². The van der Waals surface area contributed by atoms with Crippen molar-refractivity contribution in [3.63, 3.8) is 0 Å². The zero-order chi connectivity index (χ0) is 25.0. The Kier molecular flexibility index (Phi) is 5.53. The van der Waals surface area contributed by atoms with Crippen molar-refractivity contribution in [1.82, 2.24) is 19.3 Å². The molecule has 0 spiro atoms. The number of piperidine rings is 1. The van der Waals surface area contributed by atoms with Gasteiger partial charge in [-0.15, -0.1) is 0 Å². The van der Waals surface area contributed by atoms with Gasteiger partial charge in [-0.3, -0.25) is 14.0 Å². The fourth-order valence-electron chi connectivity index (χ4n) is 5.78. The summed E-state index contributed by atoms with van der Waals surface area (Å²) in [6.45, 7) is 8.78. The fourth-order valence-corrected chi connectivity index (χ4v) is 6.03. The maximum atomic E-state index is 14.7. The first-order chi connectivity index (χ1) is 17.4. The molecular weight excluding hydrogens is 479 g/mol. The number of aromatic nitrogens is 4. The summed E-state index contributed by atoms with van der Waals surface area (Å²) in [5, 5.41) is 5.19. The molecule has 1 saturated heterocycles. The minimum Gasteiger partial charge on any atom is -0.355 e. The van der Waals surface area contributed by atoms with E-state index in [2.05, 4.69) is 14.8 Å². The van der Waals surface area contributed by atoms with E-state index in [0.717, 1.165) is 36.3 Å². The second-order valence-corrected chi connectivity index (χ2v) is 10.1. The van der Waals surface area contributed by atoms with Gasteiger partial charge in [-0.2, -0.15) is 5.10 Å². The molecule has 2 aliphatic rings. The Morgan fingerprint density at radius 2 is 1.97 bits per heavy atom. The highest BCUT2D eigenvalue weighted by Gasteiger charge is 2.34. The van der Waals surface area contributed by atoms with Gasteiger partial charge in [0.25, 0.3) is 5.56 Å². The van der Waals surface area contributed by atoms with Crippen LogP contribution in [0.15, 0.2) is 47.4 Å². The molecule has 7 nitrogen and oxygen atoms in total. The van der Waals surface area contributed by atoms with Crippen LogP contribution in [0.25, 0.3) is 32.8 Å². The third-order valence-corrected chi connectivity index (χ3v) is 8.00.